The normalized spacial score (nSPS) is 15.6. The fourth-order valence-corrected chi connectivity index (χ4v) is 2.59. The summed E-state index contributed by atoms with van der Waals surface area (Å²) in [5.74, 6) is -0.488. The number of nitrogens with zero attached hydrogens (tertiary/aromatic N) is 1. The highest BCUT2D eigenvalue weighted by Gasteiger charge is 2.46. The van der Waals surface area contributed by atoms with Crippen molar-refractivity contribution >= 4 is 22.4 Å². The van der Waals surface area contributed by atoms with Crippen LogP contribution in [0.2, 0.25) is 0 Å². The fourth-order valence-electron chi connectivity index (χ4n) is 1.87. The second-order valence-electron chi connectivity index (χ2n) is 5.00. The van der Waals surface area contributed by atoms with Crippen LogP contribution in [-0.4, -0.2) is 23.5 Å². The number of nitrogens with two attached hydrogens (primary N) is 1. The second-order valence-corrected chi connectivity index (χ2v) is 5.86. The molecule has 3 N–H and O–H groups in total. The summed E-state index contributed by atoms with van der Waals surface area (Å²) >= 11 is 1.28. The SMILES string of the molecule is COc1ccc(-c2csc(NC(=O)C3(N)CC3)n2)cc1F. The maximum atomic E-state index is 13.7. The number of benzene rings is 1. The van der Waals surface area contributed by atoms with Crippen LogP contribution in [0.25, 0.3) is 11.3 Å². The lowest BCUT2D eigenvalue weighted by Crippen LogP contribution is -2.37. The highest BCUT2D eigenvalue weighted by Crippen LogP contribution is 2.34. The zero-order valence-corrected chi connectivity index (χ0v) is 12.2. The lowest BCUT2D eigenvalue weighted by Gasteiger charge is -2.06. The van der Waals surface area contributed by atoms with Crippen molar-refractivity contribution in [3.8, 4) is 17.0 Å². The summed E-state index contributed by atoms with van der Waals surface area (Å²) in [6.07, 6.45) is 1.39. The average molecular weight is 307 g/mol. The van der Waals surface area contributed by atoms with Gasteiger partial charge >= 0.3 is 0 Å². The number of rotatable bonds is 4. The molecule has 21 heavy (non-hydrogen) atoms. The maximum absolute atomic E-state index is 13.7. The van der Waals surface area contributed by atoms with Crippen molar-refractivity contribution in [1.82, 2.24) is 4.98 Å². The Morgan fingerprint density at radius 3 is 2.90 bits per heavy atom. The summed E-state index contributed by atoms with van der Waals surface area (Å²) in [4.78, 5) is 16.1. The van der Waals surface area contributed by atoms with Crippen molar-refractivity contribution in [2.45, 2.75) is 18.4 Å². The molecule has 1 aromatic heterocycles. The summed E-state index contributed by atoms with van der Waals surface area (Å²) in [5.41, 5.74) is 6.29. The van der Waals surface area contributed by atoms with Gasteiger partial charge in [-0.3, -0.25) is 4.79 Å². The number of methoxy groups -OCH3 is 1. The highest BCUT2D eigenvalue weighted by molar-refractivity contribution is 7.14. The van der Waals surface area contributed by atoms with E-state index in [4.69, 9.17) is 10.5 Å². The zero-order chi connectivity index (χ0) is 15.0. The lowest BCUT2D eigenvalue weighted by molar-refractivity contribution is -0.118. The molecule has 0 unspecified atom stereocenters. The Bertz CT molecular complexity index is 697. The van der Waals surface area contributed by atoms with E-state index in [0.717, 1.165) is 0 Å². The van der Waals surface area contributed by atoms with Gasteiger partial charge < -0.3 is 15.8 Å². The van der Waals surface area contributed by atoms with E-state index in [1.54, 1.807) is 17.5 Å². The molecule has 0 bridgehead atoms. The Morgan fingerprint density at radius 1 is 1.52 bits per heavy atom. The van der Waals surface area contributed by atoms with Crippen LogP contribution in [0.15, 0.2) is 23.6 Å². The summed E-state index contributed by atoms with van der Waals surface area (Å²) < 4.78 is 18.6. The van der Waals surface area contributed by atoms with Gasteiger partial charge in [0.25, 0.3) is 0 Å². The Balaban J connectivity index is 1.78. The minimum atomic E-state index is -0.738. The third kappa shape index (κ3) is 2.74. The van der Waals surface area contributed by atoms with Gasteiger partial charge in [0.1, 0.15) is 0 Å². The van der Waals surface area contributed by atoms with Crippen molar-refractivity contribution in [2.75, 3.05) is 12.4 Å². The van der Waals surface area contributed by atoms with Crippen LogP contribution in [0, 0.1) is 5.82 Å². The molecule has 0 atom stereocenters. The third-order valence-corrected chi connectivity index (χ3v) is 4.17. The van der Waals surface area contributed by atoms with Gasteiger partial charge in [-0.05, 0) is 31.0 Å². The van der Waals surface area contributed by atoms with Gasteiger partial charge in [0.15, 0.2) is 16.7 Å². The molecular formula is C14H14FN3O2S. The molecule has 0 aliphatic heterocycles. The van der Waals surface area contributed by atoms with E-state index >= 15 is 0 Å². The zero-order valence-electron chi connectivity index (χ0n) is 11.4. The van der Waals surface area contributed by atoms with Crippen molar-refractivity contribution < 1.29 is 13.9 Å². The molecule has 1 saturated carbocycles. The third-order valence-electron chi connectivity index (χ3n) is 3.41. The lowest BCUT2D eigenvalue weighted by atomic mass is 10.1. The highest BCUT2D eigenvalue weighted by atomic mass is 32.1. The Kier molecular flexibility index (Phi) is 3.38. The molecule has 7 heteroatoms. The van der Waals surface area contributed by atoms with Crippen LogP contribution in [-0.2, 0) is 4.79 Å². The van der Waals surface area contributed by atoms with E-state index in [2.05, 4.69) is 10.3 Å². The predicted octanol–water partition coefficient (Wildman–Crippen LogP) is 2.39. The van der Waals surface area contributed by atoms with Crippen LogP contribution in [0.5, 0.6) is 5.75 Å². The quantitative estimate of drug-likeness (QED) is 0.909. The smallest absolute Gasteiger partial charge is 0.246 e. The minimum absolute atomic E-state index is 0.182. The number of carbonyl (C=O) groups excluding carboxylic acids is 1. The number of amides is 1. The maximum Gasteiger partial charge on any atom is 0.246 e. The van der Waals surface area contributed by atoms with Crippen LogP contribution in [0.3, 0.4) is 0 Å². The van der Waals surface area contributed by atoms with Gasteiger partial charge in [-0.15, -0.1) is 11.3 Å². The molecule has 0 saturated heterocycles. The number of nitrogens with one attached hydrogen (secondary N) is 1. The van der Waals surface area contributed by atoms with Gasteiger partial charge in [0.05, 0.1) is 18.3 Å². The number of hydrogen-bond acceptors (Lipinski definition) is 5. The predicted molar refractivity (Wildman–Crippen MR) is 78.8 cm³/mol. The molecule has 1 aromatic carbocycles. The molecule has 0 radical (unpaired) electrons. The van der Waals surface area contributed by atoms with Gasteiger partial charge in [-0.1, -0.05) is 0 Å². The summed E-state index contributed by atoms with van der Waals surface area (Å²) in [6, 6.07) is 4.61. The molecule has 3 rings (SSSR count). The van der Waals surface area contributed by atoms with Crippen LogP contribution >= 0.6 is 11.3 Å². The van der Waals surface area contributed by atoms with Gasteiger partial charge in [-0.25, -0.2) is 9.37 Å². The van der Waals surface area contributed by atoms with Crippen molar-refractivity contribution in [3.05, 3.63) is 29.4 Å². The number of aromatic nitrogens is 1. The molecule has 110 valence electrons. The van der Waals surface area contributed by atoms with E-state index < -0.39 is 11.4 Å². The fraction of sp³-hybridized carbons (Fsp3) is 0.286. The number of hydrogen-bond donors (Lipinski definition) is 2. The number of ether oxygens (including phenoxy) is 1. The van der Waals surface area contributed by atoms with Crippen LogP contribution in [0.4, 0.5) is 9.52 Å². The Hall–Kier alpha value is -1.99. The summed E-state index contributed by atoms with van der Waals surface area (Å²) in [6.45, 7) is 0. The van der Waals surface area contributed by atoms with E-state index in [-0.39, 0.29) is 11.7 Å². The molecule has 5 nitrogen and oxygen atoms in total. The Labute approximate surface area is 124 Å². The molecule has 1 aliphatic rings. The monoisotopic (exact) mass is 307 g/mol. The Morgan fingerprint density at radius 2 is 2.29 bits per heavy atom. The van der Waals surface area contributed by atoms with E-state index in [9.17, 15) is 9.18 Å². The van der Waals surface area contributed by atoms with Crippen LogP contribution in [0.1, 0.15) is 12.8 Å². The standard InChI is InChI=1S/C14H14FN3O2S/c1-20-11-3-2-8(6-9(11)15)10-7-21-13(17-10)18-12(19)14(16)4-5-14/h2-3,6-7H,4-5,16H2,1H3,(H,17,18,19). The van der Waals surface area contributed by atoms with Gasteiger partial charge in [0, 0.05) is 10.9 Å². The van der Waals surface area contributed by atoms with Crippen LogP contribution < -0.4 is 15.8 Å². The average Bonchev–Trinajstić information content (AvgIpc) is 3.05. The first-order valence-electron chi connectivity index (χ1n) is 6.42. The first-order valence-corrected chi connectivity index (χ1v) is 7.29. The van der Waals surface area contributed by atoms with Crippen molar-refractivity contribution in [3.63, 3.8) is 0 Å². The van der Waals surface area contributed by atoms with Gasteiger partial charge in [-0.2, -0.15) is 0 Å². The topological polar surface area (TPSA) is 77.2 Å². The van der Waals surface area contributed by atoms with E-state index in [1.165, 1.54) is 24.5 Å². The van der Waals surface area contributed by atoms with Crippen molar-refractivity contribution in [1.29, 1.82) is 0 Å². The second kappa shape index (κ2) is 5.09. The number of anilines is 1. The summed E-state index contributed by atoms with van der Waals surface area (Å²) in [7, 11) is 1.41. The van der Waals surface area contributed by atoms with Gasteiger partial charge in [0.2, 0.25) is 5.91 Å². The number of carbonyl (C=O) groups is 1. The number of thiazole rings is 1. The molecule has 2 aromatic rings. The largest absolute Gasteiger partial charge is 0.494 e. The summed E-state index contributed by atoms with van der Waals surface area (Å²) in [5, 5.41) is 4.91. The molecule has 0 spiro atoms. The molecular weight excluding hydrogens is 293 g/mol. The molecule has 1 aliphatic carbocycles. The first-order chi connectivity index (χ1) is 10.0. The minimum Gasteiger partial charge on any atom is -0.494 e. The number of halogens is 1. The molecule has 1 fully saturated rings. The molecule has 1 amide bonds. The van der Waals surface area contributed by atoms with E-state index in [1.807, 2.05) is 0 Å². The molecule has 1 heterocycles. The first kappa shape index (κ1) is 14.0. The van der Waals surface area contributed by atoms with E-state index in [0.29, 0.717) is 29.2 Å². The van der Waals surface area contributed by atoms with Crippen molar-refractivity contribution in [2.24, 2.45) is 5.73 Å².